The molecule has 0 amide bonds. The van der Waals surface area contributed by atoms with E-state index in [1.807, 2.05) is 0 Å². The number of halogens is 3. The predicted molar refractivity (Wildman–Crippen MR) is 48.2 cm³/mol. The van der Waals surface area contributed by atoms with Crippen LogP contribution in [0.4, 0.5) is 18.9 Å². The second-order valence-corrected chi connectivity index (χ2v) is 2.69. The molecule has 0 heterocycles. The van der Waals surface area contributed by atoms with Crippen LogP contribution >= 0.6 is 0 Å². The highest BCUT2D eigenvalue weighted by Crippen LogP contribution is 2.19. The molecule has 4 nitrogen and oxygen atoms in total. The third-order valence-electron chi connectivity index (χ3n) is 1.58. The van der Waals surface area contributed by atoms with Crippen LogP contribution in [0.25, 0.3) is 0 Å². The second kappa shape index (κ2) is 4.54. The fourth-order valence-electron chi connectivity index (χ4n) is 0.925. The molecule has 0 aliphatic rings. The van der Waals surface area contributed by atoms with Crippen molar-refractivity contribution in [2.45, 2.75) is 0 Å². The average Bonchev–Trinajstić information content (AvgIpc) is 2.15. The van der Waals surface area contributed by atoms with Crippen LogP contribution in [0.3, 0.4) is 0 Å². The molecule has 82 valence electrons. The number of benzene rings is 1. The van der Waals surface area contributed by atoms with Crippen molar-refractivity contribution in [2.24, 2.45) is 10.9 Å². The van der Waals surface area contributed by atoms with Crippen molar-refractivity contribution in [3.05, 3.63) is 29.6 Å². The number of nitrogens with two attached hydrogens (primary N) is 1. The first kappa shape index (κ1) is 11.2. The van der Waals surface area contributed by atoms with E-state index in [4.69, 9.17) is 10.9 Å². The number of rotatable bonds is 3. The van der Waals surface area contributed by atoms with Crippen LogP contribution < -0.4 is 11.1 Å². The Morgan fingerprint density at radius 3 is 2.33 bits per heavy atom. The van der Waals surface area contributed by atoms with E-state index in [-0.39, 0.29) is 12.4 Å². The summed E-state index contributed by atoms with van der Waals surface area (Å²) in [6, 6.07) is 1.05. The molecule has 0 fully saturated rings. The zero-order chi connectivity index (χ0) is 11.4. The Hall–Kier alpha value is -1.92. The Kier molecular flexibility index (Phi) is 3.37. The summed E-state index contributed by atoms with van der Waals surface area (Å²) in [4.78, 5) is 0. The van der Waals surface area contributed by atoms with Gasteiger partial charge >= 0.3 is 0 Å². The van der Waals surface area contributed by atoms with Crippen molar-refractivity contribution in [1.82, 2.24) is 0 Å². The molecule has 0 saturated carbocycles. The lowest BCUT2D eigenvalue weighted by atomic mass is 10.2. The highest BCUT2D eigenvalue weighted by Gasteiger charge is 2.11. The normalized spacial score (nSPS) is 11.5. The van der Waals surface area contributed by atoms with Crippen molar-refractivity contribution in [1.29, 1.82) is 0 Å². The van der Waals surface area contributed by atoms with Crippen LogP contribution in [0, 0.1) is 17.5 Å². The molecule has 0 radical (unpaired) electrons. The summed E-state index contributed by atoms with van der Waals surface area (Å²) in [5.41, 5.74) is 4.54. The van der Waals surface area contributed by atoms with Gasteiger partial charge in [0.2, 0.25) is 0 Å². The van der Waals surface area contributed by atoms with E-state index < -0.39 is 23.1 Å². The van der Waals surface area contributed by atoms with E-state index in [2.05, 4.69) is 10.5 Å². The Bertz CT molecular complexity index is 372. The maximum absolute atomic E-state index is 13.0. The number of anilines is 1. The smallest absolute Gasteiger partial charge is 0.158 e. The summed E-state index contributed by atoms with van der Waals surface area (Å²) in [5.74, 6) is -3.44. The summed E-state index contributed by atoms with van der Waals surface area (Å²) in [7, 11) is 0. The standard InChI is InChI=1S/C8H8F3N3O/c9-4-1-5(10)8(6(11)2-4)13-3-7(12)14-15/h1-2,13,15H,3H2,(H2,12,14). The number of amidine groups is 1. The minimum absolute atomic E-state index is 0.252. The summed E-state index contributed by atoms with van der Waals surface area (Å²) in [5, 5.41) is 13.0. The van der Waals surface area contributed by atoms with Gasteiger partial charge in [0.25, 0.3) is 0 Å². The largest absolute Gasteiger partial charge is 0.409 e. The highest BCUT2D eigenvalue weighted by molar-refractivity contribution is 5.84. The molecule has 7 heteroatoms. The lowest BCUT2D eigenvalue weighted by molar-refractivity contribution is 0.317. The molecule has 1 aromatic carbocycles. The summed E-state index contributed by atoms with van der Waals surface area (Å²) < 4.78 is 38.4. The number of oxime groups is 1. The molecule has 1 aromatic rings. The van der Waals surface area contributed by atoms with Crippen LogP contribution in [0.5, 0.6) is 0 Å². The lowest BCUT2D eigenvalue weighted by Crippen LogP contribution is -2.23. The fourth-order valence-corrected chi connectivity index (χ4v) is 0.925. The van der Waals surface area contributed by atoms with Gasteiger partial charge in [-0.15, -0.1) is 0 Å². The Morgan fingerprint density at radius 1 is 1.33 bits per heavy atom. The second-order valence-electron chi connectivity index (χ2n) is 2.69. The SMILES string of the molecule is NC(CNc1c(F)cc(F)cc1F)=NO. The minimum atomic E-state index is -1.08. The lowest BCUT2D eigenvalue weighted by Gasteiger charge is -2.07. The first-order chi connectivity index (χ1) is 7.04. The molecule has 0 aliphatic carbocycles. The molecule has 0 aliphatic heterocycles. The van der Waals surface area contributed by atoms with Crippen molar-refractivity contribution < 1.29 is 18.4 Å². The quantitative estimate of drug-likeness (QED) is 0.310. The number of nitrogens with one attached hydrogen (secondary N) is 1. The van der Waals surface area contributed by atoms with Crippen LogP contribution in [-0.4, -0.2) is 17.6 Å². The zero-order valence-corrected chi connectivity index (χ0v) is 7.47. The topological polar surface area (TPSA) is 70.6 Å². The molecule has 0 unspecified atom stereocenters. The monoisotopic (exact) mass is 219 g/mol. The Labute approximate surface area is 83.2 Å². The minimum Gasteiger partial charge on any atom is -0.409 e. The molecule has 0 aromatic heterocycles. The molecule has 0 saturated heterocycles. The fraction of sp³-hybridized carbons (Fsp3) is 0.125. The van der Waals surface area contributed by atoms with Crippen LogP contribution in [0.1, 0.15) is 0 Å². The van der Waals surface area contributed by atoms with Crippen molar-refractivity contribution >= 4 is 11.5 Å². The summed E-state index contributed by atoms with van der Waals surface area (Å²) >= 11 is 0. The van der Waals surface area contributed by atoms with E-state index >= 15 is 0 Å². The Morgan fingerprint density at radius 2 is 1.87 bits per heavy atom. The molecule has 0 atom stereocenters. The first-order valence-electron chi connectivity index (χ1n) is 3.89. The van der Waals surface area contributed by atoms with Gasteiger partial charge in [-0.1, -0.05) is 5.16 Å². The van der Waals surface area contributed by atoms with Crippen molar-refractivity contribution in [3.63, 3.8) is 0 Å². The maximum atomic E-state index is 13.0. The molecule has 0 spiro atoms. The van der Waals surface area contributed by atoms with Gasteiger partial charge in [-0.2, -0.15) is 0 Å². The van der Waals surface area contributed by atoms with Crippen molar-refractivity contribution in [3.8, 4) is 0 Å². The maximum Gasteiger partial charge on any atom is 0.158 e. The number of hydrogen-bond donors (Lipinski definition) is 3. The number of hydrogen-bond acceptors (Lipinski definition) is 3. The van der Waals surface area contributed by atoms with Gasteiger partial charge in [0.05, 0.1) is 6.54 Å². The molecular formula is C8H8F3N3O. The van der Waals surface area contributed by atoms with Gasteiger partial charge in [0.1, 0.15) is 11.5 Å². The van der Waals surface area contributed by atoms with Gasteiger partial charge < -0.3 is 16.3 Å². The van der Waals surface area contributed by atoms with E-state index in [0.717, 1.165) is 0 Å². The van der Waals surface area contributed by atoms with Gasteiger partial charge in [-0.05, 0) is 0 Å². The van der Waals surface area contributed by atoms with Gasteiger partial charge in [-0.25, -0.2) is 13.2 Å². The third-order valence-corrected chi connectivity index (χ3v) is 1.58. The van der Waals surface area contributed by atoms with E-state index in [0.29, 0.717) is 12.1 Å². The summed E-state index contributed by atoms with van der Waals surface area (Å²) in [6.07, 6.45) is 0. The van der Waals surface area contributed by atoms with Gasteiger partial charge in [0.15, 0.2) is 17.5 Å². The predicted octanol–water partition coefficient (Wildman–Crippen LogP) is 1.26. The van der Waals surface area contributed by atoms with Gasteiger partial charge in [0, 0.05) is 12.1 Å². The number of nitrogens with zero attached hydrogens (tertiary/aromatic N) is 1. The third kappa shape index (κ3) is 2.76. The van der Waals surface area contributed by atoms with Crippen molar-refractivity contribution in [2.75, 3.05) is 11.9 Å². The first-order valence-corrected chi connectivity index (χ1v) is 3.89. The molecule has 1 rings (SSSR count). The molecule has 4 N–H and O–H groups in total. The van der Waals surface area contributed by atoms with Crippen LogP contribution in [0.15, 0.2) is 17.3 Å². The van der Waals surface area contributed by atoms with E-state index in [1.165, 1.54) is 0 Å². The highest BCUT2D eigenvalue weighted by atomic mass is 19.1. The molecular weight excluding hydrogens is 211 g/mol. The van der Waals surface area contributed by atoms with E-state index in [9.17, 15) is 13.2 Å². The average molecular weight is 219 g/mol. The van der Waals surface area contributed by atoms with Gasteiger partial charge in [-0.3, -0.25) is 0 Å². The van der Waals surface area contributed by atoms with Crippen LogP contribution in [-0.2, 0) is 0 Å². The van der Waals surface area contributed by atoms with Crippen LogP contribution in [0.2, 0.25) is 0 Å². The Balaban J connectivity index is 2.86. The molecule has 15 heavy (non-hydrogen) atoms. The molecule has 0 bridgehead atoms. The summed E-state index contributed by atoms with van der Waals surface area (Å²) in [6.45, 7) is -0.254. The van der Waals surface area contributed by atoms with E-state index in [1.54, 1.807) is 0 Å². The zero-order valence-electron chi connectivity index (χ0n) is 7.47.